The molecule has 20 heavy (non-hydrogen) atoms. The highest BCUT2D eigenvalue weighted by atomic mass is 16.5. The molecule has 3 rings (SSSR count). The number of benzene rings is 1. The minimum atomic E-state index is -1.17. The van der Waals surface area contributed by atoms with Crippen LogP contribution >= 0.6 is 0 Å². The summed E-state index contributed by atoms with van der Waals surface area (Å²) in [6, 6.07) is 5.42. The molecule has 1 fully saturated rings. The standard InChI is InChI=1S/C15H15NO4/c1-8-12(15(18)19)14(17)10-4-3-5-11(20-2)13(10)16(8)9-6-7-9/h3-5,9H,6-7H2,1-2H3,(H,18,19). The first-order chi connectivity index (χ1) is 9.56. The number of carboxylic acid groups (broad SMARTS) is 1. The van der Waals surface area contributed by atoms with Crippen molar-refractivity contribution >= 4 is 16.9 Å². The zero-order valence-electron chi connectivity index (χ0n) is 11.3. The molecule has 5 nitrogen and oxygen atoms in total. The van der Waals surface area contributed by atoms with E-state index in [9.17, 15) is 14.7 Å². The molecule has 1 N–H and O–H groups in total. The third-order valence-corrected chi connectivity index (χ3v) is 3.78. The number of rotatable bonds is 3. The first-order valence-electron chi connectivity index (χ1n) is 6.51. The Labute approximate surface area is 115 Å². The number of para-hydroxylation sites is 1. The Hall–Kier alpha value is -2.30. The Kier molecular flexibility index (Phi) is 2.78. The quantitative estimate of drug-likeness (QED) is 0.932. The lowest BCUT2D eigenvalue weighted by Crippen LogP contribution is -2.22. The van der Waals surface area contributed by atoms with Crippen molar-refractivity contribution in [3.63, 3.8) is 0 Å². The Balaban J connectivity index is 2.53. The molecule has 2 aromatic rings. The van der Waals surface area contributed by atoms with Gasteiger partial charge < -0.3 is 14.4 Å². The van der Waals surface area contributed by atoms with E-state index in [-0.39, 0.29) is 11.6 Å². The van der Waals surface area contributed by atoms with Gasteiger partial charge in [-0.2, -0.15) is 0 Å². The van der Waals surface area contributed by atoms with Crippen LogP contribution in [0.25, 0.3) is 10.9 Å². The summed E-state index contributed by atoms with van der Waals surface area (Å²) in [7, 11) is 1.55. The number of carbonyl (C=O) groups is 1. The van der Waals surface area contributed by atoms with Crippen LogP contribution in [-0.4, -0.2) is 22.8 Å². The Morgan fingerprint density at radius 2 is 2.10 bits per heavy atom. The first-order valence-corrected chi connectivity index (χ1v) is 6.51. The van der Waals surface area contributed by atoms with E-state index in [4.69, 9.17) is 4.74 Å². The van der Waals surface area contributed by atoms with E-state index in [0.29, 0.717) is 22.3 Å². The van der Waals surface area contributed by atoms with Crippen LogP contribution in [0.3, 0.4) is 0 Å². The van der Waals surface area contributed by atoms with E-state index >= 15 is 0 Å². The molecule has 1 heterocycles. The second kappa shape index (κ2) is 4.37. The number of aromatic carboxylic acids is 1. The molecule has 0 amide bonds. The average Bonchev–Trinajstić information content (AvgIpc) is 3.22. The number of fused-ring (bicyclic) bond motifs is 1. The number of aromatic nitrogens is 1. The van der Waals surface area contributed by atoms with Gasteiger partial charge in [0.15, 0.2) is 0 Å². The SMILES string of the molecule is COc1cccc2c(=O)c(C(=O)O)c(C)n(C3CC3)c12. The van der Waals surface area contributed by atoms with Crippen LogP contribution in [0.4, 0.5) is 0 Å². The van der Waals surface area contributed by atoms with Crippen LogP contribution in [0.15, 0.2) is 23.0 Å². The number of hydrogen-bond donors (Lipinski definition) is 1. The Bertz CT molecular complexity index is 772. The second-order valence-corrected chi connectivity index (χ2v) is 5.05. The van der Waals surface area contributed by atoms with E-state index < -0.39 is 11.4 Å². The van der Waals surface area contributed by atoms with Crippen LogP contribution in [0.1, 0.15) is 34.9 Å². The van der Waals surface area contributed by atoms with Gasteiger partial charge in [-0.3, -0.25) is 4.79 Å². The highest BCUT2D eigenvalue weighted by molar-refractivity contribution is 5.95. The van der Waals surface area contributed by atoms with Crippen LogP contribution in [0, 0.1) is 6.92 Å². The number of carboxylic acids is 1. The Morgan fingerprint density at radius 1 is 1.40 bits per heavy atom. The molecular formula is C15H15NO4. The molecule has 1 aliphatic carbocycles. The van der Waals surface area contributed by atoms with Crippen LogP contribution in [0.5, 0.6) is 5.75 Å². The van der Waals surface area contributed by atoms with Gasteiger partial charge in [0.2, 0.25) is 5.43 Å². The highest BCUT2D eigenvalue weighted by Gasteiger charge is 2.30. The highest BCUT2D eigenvalue weighted by Crippen LogP contribution is 2.40. The normalized spacial score (nSPS) is 14.5. The van der Waals surface area contributed by atoms with Gasteiger partial charge in [-0.25, -0.2) is 4.79 Å². The summed E-state index contributed by atoms with van der Waals surface area (Å²) in [5.74, 6) is -0.571. The summed E-state index contributed by atoms with van der Waals surface area (Å²) in [6.07, 6.45) is 1.99. The van der Waals surface area contributed by atoms with Crippen molar-refractivity contribution in [3.05, 3.63) is 39.7 Å². The number of hydrogen-bond acceptors (Lipinski definition) is 3. The average molecular weight is 273 g/mol. The maximum absolute atomic E-state index is 12.4. The molecule has 0 radical (unpaired) electrons. The first kappa shape index (κ1) is 12.7. The van der Waals surface area contributed by atoms with E-state index in [1.54, 1.807) is 32.2 Å². The maximum atomic E-state index is 12.4. The van der Waals surface area contributed by atoms with E-state index in [2.05, 4.69) is 0 Å². The van der Waals surface area contributed by atoms with Crippen molar-refractivity contribution in [3.8, 4) is 5.75 Å². The largest absolute Gasteiger partial charge is 0.495 e. The summed E-state index contributed by atoms with van der Waals surface area (Å²) in [5.41, 5.74) is 0.616. The molecule has 0 aliphatic heterocycles. The predicted molar refractivity (Wildman–Crippen MR) is 74.7 cm³/mol. The van der Waals surface area contributed by atoms with Crippen molar-refractivity contribution in [1.82, 2.24) is 4.57 Å². The molecule has 1 aromatic heterocycles. The van der Waals surface area contributed by atoms with Crippen molar-refractivity contribution in [2.75, 3.05) is 7.11 Å². The molecule has 104 valence electrons. The van der Waals surface area contributed by atoms with Gasteiger partial charge >= 0.3 is 5.97 Å². The second-order valence-electron chi connectivity index (χ2n) is 5.05. The molecule has 0 spiro atoms. The summed E-state index contributed by atoms with van der Waals surface area (Å²) >= 11 is 0. The number of nitrogens with zero attached hydrogens (tertiary/aromatic N) is 1. The lowest BCUT2D eigenvalue weighted by Gasteiger charge is -2.18. The Morgan fingerprint density at radius 3 is 2.65 bits per heavy atom. The molecule has 0 atom stereocenters. The fourth-order valence-corrected chi connectivity index (χ4v) is 2.75. The third kappa shape index (κ3) is 1.70. The third-order valence-electron chi connectivity index (χ3n) is 3.78. The zero-order valence-corrected chi connectivity index (χ0v) is 11.3. The van der Waals surface area contributed by atoms with Gasteiger partial charge in [0.1, 0.15) is 11.3 Å². The molecule has 0 saturated heterocycles. The minimum Gasteiger partial charge on any atom is -0.495 e. The van der Waals surface area contributed by atoms with Gasteiger partial charge in [0.05, 0.1) is 18.0 Å². The van der Waals surface area contributed by atoms with E-state index in [0.717, 1.165) is 12.8 Å². The lowest BCUT2D eigenvalue weighted by atomic mass is 10.1. The van der Waals surface area contributed by atoms with E-state index in [1.807, 2.05) is 4.57 Å². The fraction of sp³-hybridized carbons (Fsp3) is 0.333. The topological polar surface area (TPSA) is 68.5 Å². The van der Waals surface area contributed by atoms with Crippen molar-refractivity contribution in [2.24, 2.45) is 0 Å². The van der Waals surface area contributed by atoms with Gasteiger partial charge in [-0.1, -0.05) is 6.07 Å². The predicted octanol–water partition coefficient (Wildman–Crippen LogP) is 2.35. The molecule has 1 aliphatic rings. The molecule has 0 unspecified atom stereocenters. The summed E-state index contributed by atoms with van der Waals surface area (Å²) in [6.45, 7) is 1.69. The fourth-order valence-electron chi connectivity index (χ4n) is 2.75. The summed E-state index contributed by atoms with van der Waals surface area (Å²) in [5, 5.41) is 9.72. The monoisotopic (exact) mass is 273 g/mol. The zero-order chi connectivity index (χ0) is 14.4. The molecular weight excluding hydrogens is 258 g/mol. The summed E-state index contributed by atoms with van der Waals surface area (Å²) < 4.78 is 7.29. The molecule has 1 saturated carbocycles. The number of methoxy groups -OCH3 is 1. The van der Waals surface area contributed by atoms with Crippen molar-refractivity contribution < 1.29 is 14.6 Å². The van der Waals surface area contributed by atoms with Gasteiger partial charge in [0, 0.05) is 11.7 Å². The van der Waals surface area contributed by atoms with Gasteiger partial charge in [-0.15, -0.1) is 0 Å². The molecule has 1 aromatic carbocycles. The number of pyridine rings is 1. The number of ether oxygens (including phenoxy) is 1. The minimum absolute atomic E-state index is 0.141. The van der Waals surface area contributed by atoms with Gasteiger partial charge in [0.25, 0.3) is 0 Å². The molecule has 0 bridgehead atoms. The smallest absolute Gasteiger partial charge is 0.341 e. The van der Waals surface area contributed by atoms with Gasteiger partial charge in [-0.05, 0) is 31.9 Å². The van der Waals surface area contributed by atoms with Crippen LogP contribution in [0.2, 0.25) is 0 Å². The summed E-state index contributed by atoms with van der Waals surface area (Å²) in [4.78, 5) is 23.8. The van der Waals surface area contributed by atoms with Crippen LogP contribution in [-0.2, 0) is 0 Å². The molecule has 5 heteroatoms. The van der Waals surface area contributed by atoms with Crippen molar-refractivity contribution in [2.45, 2.75) is 25.8 Å². The van der Waals surface area contributed by atoms with E-state index in [1.165, 1.54) is 0 Å². The maximum Gasteiger partial charge on any atom is 0.341 e. The van der Waals surface area contributed by atoms with Crippen LogP contribution < -0.4 is 10.2 Å². The van der Waals surface area contributed by atoms with Crippen molar-refractivity contribution in [1.29, 1.82) is 0 Å². The lowest BCUT2D eigenvalue weighted by molar-refractivity contribution is 0.0694.